The number of aromatic nitrogens is 2. The highest BCUT2D eigenvalue weighted by molar-refractivity contribution is 6.17. The largest absolute Gasteiger partial charge is 0.336 e. The lowest BCUT2D eigenvalue weighted by molar-refractivity contribution is 0.0973. The minimum absolute atomic E-state index is 0.166. The first kappa shape index (κ1) is 17.8. The van der Waals surface area contributed by atoms with E-state index in [9.17, 15) is 14.4 Å². The lowest BCUT2D eigenvalue weighted by atomic mass is 9.87. The van der Waals surface area contributed by atoms with Crippen molar-refractivity contribution in [1.82, 2.24) is 13.9 Å². The lowest BCUT2D eigenvalue weighted by Crippen LogP contribution is -2.40. The molecular formula is C24H23N3O3. The van der Waals surface area contributed by atoms with E-state index in [4.69, 9.17) is 0 Å². The molecule has 3 heterocycles. The van der Waals surface area contributed by atoms with Crippen LogP contribution >= 0.6 is 0 Å². The van der Waals surface area contributed by atoms with Crippen molar-refractivity contribution in [2.45, 2.75) is 38.6 Å². The summed E-state index contributed by atoms with van der Waals surface area (Å²) in [7, 11) is 0. The van der Waals surface area contributed by atoms with E-state index in [-0.39, 0.29) is 17.0 Å². The number of likely N-dealkylation sites (tertiary alicyclic amines) is 1. The number of hydrogen-bond acceptors (Lipinski definition) is 4. The van der Waals surface area contributed by atoms with Crippen LogP contribution in [0.1, 0.15) is 41.6 Å². The van der Waals surface area contributed by atoms with Gasteiger partial charge in [-0.3, -0.25) is 18.6 Å². The number of nitrogens with zero attached hydrogens (tertiary/aromatic N) is 3. The van der Waals surface area contributed by atoms with E-state index in [1.165, 1.54) is 17.4 Å². The van der Waals surface area contributed by atoms with Gasteiger partial charge < -0.3 is 4.90 Å². The molecule has 6 heteroatoms. The van der Waals surface area contributed by atoms with Gasteiger partial charge in [-0.25, -0.2) is 4.79 Å². The van der Waals surface area contributed by atoms with Crippen LogP contribution in [-0.2, 0) is 13.0 Å². The maximum absolute atomic E-state index is 13.5. The standard InChI is InChI=1S/C24H23N3O3/c28-20-8-4-5-16-15(20)9-10-19-21(16)17-6-3-7-18-22(17)27(19)24(30)26(23(18)29)14-13-25-11-1-2-12-25/h3,6-7,9-10H,1-2,4-5,8,11-14H2. The maximum Gasteiger partial charge on any atom is 0.336 e. The highest BCUT2D eigenvalue weighted by atomic mass is 16.2. The molecule has 0 unspecified atom stereocenters. The average molecular weight is 401 g/mol. The van der Waals surface area contributed by atoms with E-state index >= 15 is 0 Å². The van der Waals surface area contributed by atoms with Gasteiger partial charge in [0.05, 0.1) is 16.4 Å². The second kappa shape index (κ2) is 6.51. The Morgan fingerprint density at radius 2 is 1.63 bits per heavy atom. The summed E-state index contributed by atoms with van der Waals surface area (Å²) in [5, 5.41) is 2.43. The third-order valence-electron chi connectivity index (χ3n) is 6.93. The number of rotatable bonds is 3. The van der Waals surface area contributed by atoms with Gasteiger partial charge >= 0.3 is 5.69 Å². The van der Waals surface area contributed by atoms with Crippen molar-refractivity contribution >= 4 is 33.0 Å². The van der Waals surface area contributed by atoms with E-state index in [0.717, 1.165) is 53.3 Å². The Morgan fingerprint density at radius 1 is 0.833 bits per heavy atom. The van der Waals surface area contributed by atoms with Crippen LogP contribution in [0.2, 0.25) is 0 Å². The summed E-state index contributed by atoms with van der Waals surface area (Å²) in [6.07, 6.45) is 4.58. The summed E-state index contributed by atoms with van der Waals surface area (Å²) in [5.41, 5.74) is 2.78. The minimum atomic E-state index is -0.278. The monoisotopic (exact) mass is 401 g/mol. The summed E-state index contributed by atoms with van der Waals surface area (Å²) in [6, 6.07) is 9.41. The zero-order valence-corrected chi connectivity index (χ0v) is 16.8. The topological polar surface area (TPSA) is 63.8 Å². The van der Waals surface area contributed by atoms with Crippen molar-refractivity contribution in [3.8, 4) is 0 Å². The highest BCUT2D eigenvalue weighted by Gasteiger charge is 2.25. The first-order chi connectivity index (χ1) is 14.6. The van der Waals surface area contributed by atoms with Crippen LogP contribution < -0.4 is 11.2 Å². The van der Waals surface area contributed by atoms with E-state index in [1.807, 2.05) is 30.3 Å². The van der Waals surface area contributed by atoms with Gasteiger partial charge in [-0.1, -0.05) is 12.1 Å². The van der Waals surface area contributed by atoms with Gasteiger partial charge in [0, 0.05) is 35.8 Å². The van der Waals surface area contributed by atoms with Crippen LogP contribution in [0.15, 0.2) is 39.9 Å². The van der Waals surface area contributed by atoms with Gasteiger partial charge in [0.2, 0.25) is 0 Å². The Morgan fingerprint density at radius 3 is 2.47 bits per heavy atom. The van der Waals surface area contributed by atoms with E-state index in [2.05, 4.69) is 4.90 Å². The van der Waals surface area contributed by atoms with Crippen LogP contribution in [0.3, 0.4) is 0 Å². The Bertz CT molecular complexity index is 1440. The van der Waals surface area contributed by atoms with Crippen LogP contribution in [0, 0.1) is 0 Å². The molecule has 6 rings (SSSR count). The van der Waals surface area contributed by atoms with Crippen molar-refractivity contribution in [3.05, 3.63) is 62.3 Å². The fourth-order valence-corrected chi connectivity index (χ4v) is 5.48. The number of hydrogen-bond donors (Lipinski definition) is 0. The van der Waals surface area contributed by atoms with E-state index in [0.29, 0.717) is 30.4 Å². The number of carbonyl (C=O) groups excluding carboxylic acids is 1. The van der Waals surface area contributed by atoms with Crippen LogP contribution in [0.4, 0.5) is 0 Å². The van der Waals surface area contributed by atoms with E-state index < -0.39 is 0 Å². The summed E-state index contributed by atoms with van der Waals surface area (Å²) in [5.74, 6) is 0.166. The number of ketones is 1. The molecule has 6 nitrogen and oxygen atoms in total. The lowest BCUT2D eigenvalue weighted by Gasteiger charge is -2.16. The highest BCUT2D eigenvalue weighted by Crippen LogP contribution is 2.36. The first-order valence-electron chi connectivity index (χ1n) is 10.9. The molecule has 0 radical (unpaired) electrons. The number of aryl methyl sites for hydroxylation is 1. The Labute approximate surface area is 172 Å². The first-order valence-corrected chi connectivity index (χ1v) is 10.9. The number of Topliss-reactive ketones (excluding diaryl/α,β-unsaturated/α-hetero) is 1. The molecule has 1 aliphatic heterocycles. The SMILES string of the molecule is O=C1CCCc2c1ccc1c2c2cccc3c(=O)n(CCN4CCCC4)c(=O)n1c32. The van der Waals surface area contributed by atoms with Crippen LogP contribution in [0.5, 0.6) is 0 Å². The third kappa shape index (κ3) is 2.37. The van der Waals surface area contributed by atoms with Gasteiger partial charge in [-0.15, -0.1) is 0 Å². The van der Waals surface area contributed by atoms with E-state index in [1.54, 1.807) is 4.40 Å². The molecule has 30 heavy (non-hydrogen) atoms. The van der Waals surface area contributed by atoms with Crippen molar-refractivity contribution < 1.29 is 4.79 Å². The third-order valence-corrected chi connectivity index (χ3v) is 6.93. The Hall–Kier alpha value is -2.99. The average Bonchev–Trinajstić information content (AvgIpc) is 3.38. The molecule has 2 aromatic carbocycles. The van der Waals surface area contributed by atoms with Gasteiger partial charge in [-0.2, -0.15) is 0 Å². The zero-order chi connectivity index (χ0) is 20.4. The molecule has 0 spiro atoms. The molecule has 2 aliphatic rings. The zero-order valence-electron chi connectivity index (χ0n) is 16.8. The molecule has 0 saturated carbocycles. The smallest absolute Gasteiger partial charge is 0.302 e. The second-order valence-corrected chi connectivity index (χ2v) is 8.59. The number of fused-ring (bicyclic) bond motifs is 5. The minimum Gasteiger partial charge on any atom is -0.302 e. The van der Waals surface area contributed by atoms with Gasteiger partial charge in [0.25, 0.3) is 5.56 Å². The number of benzene rings is 2. The summed E-state index contributed by atoms with van der Waals surface area (Å²) < 4.78 is 3.09. The molecule has 1 aliphatic carbocycles. The Balaban J connectivity index is 1.67. The molecule has 1 saturated heterocycles. The number of carbonyl (C=O) groups is 1. The molecule has 0 amide bonds. The fourth-order valence-electron chi connectivity index (χ4n) is 5.48. The molecular weight excluding hydrogens is 378 g/mol. The summed E-state index contributed by atoms with van der Waals surface area (Å²) in [4.78, 5) is 41.5. The van der Waals surface area contributed by atoms with Crippen molar-refractivity contribution in [1.29, 1.82) is 0 Å². The van der Waals surface area contributed by atoms with Crippen molar-refractivity contribution in [2.24, 2.45) is 0 Å². The molecule has 0 atom stereocenters. The van der Waals surface area contributed by atoms with Gasteiger partial charge in [-0.05, 0) is 62.5 Å². The second-order valence-electron chi connectivity index (χ2n) is 8.59. The van der Waals surface area contributed by atoms with Gasteiger partial charge in [0.15, 0.2) is 5.78 Å². The fraction of sp³-hybridized carbons (Fsp3) is 0.375. The molecule has 0 N–H and O–H groups in total. The van der Waals surface area contributed by atoms with Crippen molar-refractivity contribution in [3.63, 3.8) is 0 Å². The maximum atomic E-state index is 13.5. The molecule has 4 aromatic rings. The molecule has 2 aromatic heterocycles. The van der Waals surface area contributed by atoms with Crippen LogP contribution in [0.25, 0.3) is 27.2 Å². The van der Waals surface area contributed by atoms with Crippen LogP contribution in [-0.4, -0.2) is 39.3 Å². The summed E-state index contributed by atoms with van der Waals surface area (Å²) in [6.45, 7) is 3.18. The molecule has 0 bridgehead atoms. The predicted octanol–water partition coefficient (Wildman–Crippen LogP) is 2.82. The number of para-hydroxylation sites is 1. The summed E-state index contributed by atoms with van der Waals surface area (Å²) >= 11 is 0. The normalized spacial score (nSPS) is 17.5. The Kier molecular flexibility index (Phi) is 3.87. The molecule has 152 valence electrons. The molecule has 1 fully saturated rings. The van der Waals surface area contributed by atoms with Gasteiger partial charge in [0.1, 0.15) is 0 Å². The van der Waals surface area contributed by atoms with Crippen molar-refractivity contribution in [2.75, 3.05) is 19.6 Å². The quantitative estimate of drug-likeness (QED) is 0.530. The predicted molar refractivity (Wildman–Crippen MR) is 117 cm³/mol.